The molecule has 1 atom stereocenters. The van der Waals surface area contributed by atoms with Gasteiger partial charge in [0, 0.05) is 6.04 Å². The van der Waals surface area contributed by atoms with Crippen LogP contribution in [0.5, 0.6) is 0 Å². The standard InChI is InChI=1S/C19H25N/c1-4-7-16-8-6-9-19(14-16)18-12-10-17(11-13-18)15(3)20-5-2/h6,8-15,20H,4-5,7H2,1-3H3. The van der Waals surface area contributed by atoms with Gasteiger partial charge in [0.2, 0.25) is 0 Å². The lowest BCUT2D eigenvalue weighted by Gasteiger charge is -2.13. The number of rotatable bonds is 6. The van der Waals surface area contributed by atoms with E-state index in [1.54, 1.807) is 0 Å². The Morgan fingerprint density at radius 2 is 1.70 bits per heavy atom. The van der Waals surface area contributed by atoms with E-state index in [0.29, 0.717) is 6.04 Å². The first-order chi connectivity index (χ1) is 9.74. The second-order valence-corrected chi connectivity index (χ2v) is 5.35. The molecule has 2 aromatic rings. The minimum atomic E-state index is 0.417. The largest absolute Gasteiger partial charge is 0.310 e. The van der Waals surface area contributed by atoms with E-state index in [2.05, 4.69) is 74.6 Å². The lowest BCUT2D eigenvalue weighted by molar-refractivity contribution is 0.598. The van der Waals surface area contributed by atoms with Gasteiger partial charge in [-0.2, -0.15) is 0 Å². The van der Waals surface area contributed by atoms with E-state index in [1.807, 2.05) is 0 Å². The predicted molar refractivity (Wildman–Crippen MR) is 88.0 cm³/mol. The Hall–Kier alpha value is -1.60. The lowest BCUT2D eigenvalue weighted by atomic mass is 9.99. The summed E-state index contributed by atoms with van der Waals surface area (Å²) in [7, 11) is 0. The fourth-order valence-corrected chi connectivity index (χ4v) is 2.58. The van der Waals surface area contributed by atoms with Gasteiger partial charge in [-0.3, -0.25) is 0 Å². The Kier molecular flexibility index (Phi) is 5.37. The van der Waals surface area contributed by atoms with E-state index in [1.165, 1.54) is 28.7 Å². The SMILES string of the molecule is CCCc1cccc(-c2ccc(C(C)NCC)cc2)c1. The zero-order valence-electron chi connectivity index (χ0n) is 12.8. The summed E-state index contributed by atoms with van der Waals surface area (Å²) in [5.74, 6) is 0. The molecule has 0 saturated carbocycles. The van der Waals surface area contributed by atoms with Gasteiger partial charge in [-0.15, -0.1) is 0 Å². The van der Waals surface area contributed by atoms with Crippen molar-refractivity contribution in [1.82, 2.24) is 5.32 Å². The van der Waals surface area contributed by atoms with Gasteiger partial charge in [-0.25, -0.2) is 0 Å². The molecule has 0 radical (unpaired) electrons. The third-order valence-corrected chi connectivity index (χ3v) is 3.72. The van der Waals surface area contributed by atoms with Crippen molar-refractivity contribution >= 4 is 0 Å². The predicted octanol–water partition coefficient (Wildman–Crippen LogP) is 4.98. The third kappa shape index (κ3) is 3.71. The summed E-state index contributed by atoms with van der Waals surface area (Å²) in [6.45, 7) is 7.58. The van der Waals surface area contributed by atoms with Crippen molar-refractivity contribution in [2.24, 2.45) is 0 Å². The van der Waals surface area contributed by atoms with Crippen LogP contribution < -0.4 is 5.32 Å². The molecule has 0 heterocycles. The monoisotopic (exact) mass is 267 g/mol. The number of aryl methyl sites for hydroxylation is 1. The second kappa shape index (κ2) is 7.25. The van der Waals surface area contributed by atoms with Gasteiger partial charge in [-0.1, -0.05) is 68.8 Å². The van der Waals surface area contributed by atoms with Crippen LogP contribution in [0.25, 0.3) is 11.1 Å². The Balaban J connectivity index is 2.19. The highest BCUT2D eigenvalue weighted by Crippen LogP contribution is 2.23. The third-order valence-electron chi connectivity index (χ3n) is 3.72. The highest BCUT2D eigenvalue weighted by molar-refractivity contribution is 5.64. The van der Waals surface area contributed by atoms with Crippen molar-refractivity contribution in [3.63, 3.8) is 0 Å². The van der Waals surface area contributed by atoms with E-state index < -0.39 is 0 Å². The molecule has 0 amide bonds. The Bertz CT molecular complexity index is 528. The maximum atomic E-state index is 3.45. The van der Waals surface area contributed by atoms with Gasteiger partial charge in [0.1, 0.15) is 0 Å². The van der Waals surface area contributed by atoms with Crippen LogP contribution >= 0.6 is 0 Å². The van der Waals surface area contributed by atoms with Gasteiger partial charge in [0.15, 0.2) is 0 Å². The molecule has 20 heavy (non-hydrogen) atoms. The molecule has 0 fully saturated rings. The minimum absolute atomic E-state index is 0.417. The molecule has 2 rings (SSSR count). The summed E-state index contributed by atoms with van der Waals surface area (Å²) < 4.78 is 0. The maximum Gasteiger partial charge on any atom is 0.0291 e. The first kappa shape index (κ1) is 14.8. The van der Waals surface area contributed by atoms with Crippen molar-refractivity contribution in [3.05, 3.63) is 59.7 Å². The lowest BCUT2D eigenvalue weighted by Crippen LogP contribution is -2.17. The number of hydrogen-bond acceptors (Lipinski definition) is 1. The van der Waals surface area contributed by atoms with Crippen LogP contribution in [0.15, 0.2) is 48.5 Å². The van der Waals surface area contributed by atoms with Crippen LogP contribution in [0.3, 0.4) is 0 Å². The van der Waals surface area contributed by atoms with E-state index in [9.17, 15) is 0 Å². The number of nitrogens with one attached hydrogen (secondary N) is 1. The van der Waals surface area contributed by atoms with Crippen molar-refractivity contribution in [3.8, 4) is 11.1 Å². The molecular weight excluding hydrogens is 242 g/mol. The topological polar surface area (TPSA) is 12.0 Å². The highest BCUT2D eigenvalue weighted by Gasteiger charge is 2.04. The number of hydrogen-bond donors (Lipinski definition) is 1. The molecule has 1 nitrogen and oxygen atoms in total. The maximum absolute atomic E-state index is 3.45. The first-order valence-corrected chi connectivity index (χ1v) is 7.67. The first-order valence-electron chi connectivity index (χ1n) is 7.67. The molecule has 1 unspecified atom stereocenters. The average Bonchev–Trinajstić information content (AvgIpc) is 2.48. The van der Waals surface area contributed by atoms with Gasteiger partial charge < -0.3 is 5.32 Å². The molecule has 0 aliphatic rings. The van der Waals surface area contributed by atoms with E-state index in [-0.39, 0.29) is 0 Å². The molecular formula is C19H25N. The normalized spacial score (nSPS) is 12.3. The highest BCUT2D eigenvalue weighted by atomic mass is 14.9. The quantitative estimate of drug-likeness (QED) is 0.778. The molecule has 2 aromatic carbocycles. The van der Waals surface area contributed by atoms with Gasteiger partial charge in [-0.05, 0) is 42.1 Å². The Labute approximate surface area is 123 Å². The van der Waals surface area contributed by atoms with Crippen LogP contribution in [0.2, 0.25) is 0 Å². The van der Waals surface area contributed by atoms with Crippen LogP contribution in [-0.2, 0) is 6.42 Å². The molecule has 1 heteroatoms. The molecule has 0 saturated heterocycles. The average molecular weight is 267 g/mol. The van der Waals surface area contributed by atoms with Crippen LogP contribution in [0.1, 0.15) is 44.4 Å². The zero-order valence-corrected chi connectivity index (χ0v) is 12.8. The second-order valence-electron chi connectivity index (χ2n) is 5.35. The summed E-state index contributed by atoms with van der Waals surface area (Å²) in [6, 6.07) is 18.2. The van der Waals surface area contributed by atoms with Crippen molar-refractivity contribution in [1.29, 1.82) is 0 Å². The fourth-order valence-electron chi connectivity index (χ4n) is 2.58. The van der Waals surface area contributed by atoms with Crippen LogP contribution in [0.4, 0.5) is 0 Å². The Morgan fingerprint density at radius 3 is 2.35 bits per heavy atom. The summed E-state index contributed by atoms with van der Waals surface area (Å²) in [5.41, 5.74) is 5.39. The van der Waals surface area contributed by atoms with Gasteiger partial charge in [0.05, 0.1) is 0 Å². The molecule has 0 bridgehead atoms. The van der Waals surface area contributed by atoms with E-state index >= 15 is 0 Å². The summed E-state index contributed by atoms with van der Waals surface area (Å²) >= 11 is 0. The molecule has 0 aliphatic carbocycles. The van der Waals surface area contributed by atoms with Gasteiger partial charge >= 0.3 is 0 Å². The summed E-state index contributed by atoms with van der Waals surface area (Å²) in [4.78, 5) is 0. The molecule has 0 spiro atoms. The minimum Gasteiger partial charge on any atom is -0.310 e. The van der Waals surface area contributed by atoms with E-state index in [4.69, 9.17) is 0 Å². The van der Waals surface area contributed by atoms with Crippen LogP contribution in [-0.4, -0.2) is 6.54 Å². The molecule has 0 aliphatic heterocycles. The van der Waals surface area contributed by atoms with Gasteiger partial charge in [0.25, 0.3) is 0 Å². The van der Waals surface area contributed by atoms with E-state index in [0.717, 1.165) is 13.0 Å². The van der Waals surface area contributed by atoms with Crippen molar-refractivity contribution in [2.45, 2.75) is 39.7 Å². The fraction of sp³-hybridized carbons (Fsp3) is 0.368. The van der Waals surface area contributed by atoms with Crippen molar-refractivity contribution in [2.75, 3.05) is 6.54 Å². The summed E-state index contributed by atoms with van der Waals surface area (Å²) in [6.07, 6.45) is 2.35. The smallest absolute Gasteiger partial charge is 0.0291 e. The van der Waals surface area contributed by atoms with Crippen LogP contribution in [0, 0.1) is 0 Å². The van der Waals surface area contributed by atoms with Crippen molar-refractivity contribution < 1.29 is 0 Å². The number of benzene rings is 2. The molecule has 1 N–H and O–H groups in total. The molecule has 0 aromatic heterocycles. The Morgan fingerprint density at radius 1 is 0.950 bits per heavy atom. The molecule has 106 valence electrons. The zero-order chi connectivity index (χ0) is 14.4. The summed E-state index contributed by atoms with van der Waals surface area (Å²) in [5, 5.41) is 3.45.